The lowest BCUT2D eigenvalue weighted by Crippen LogP contribution is -2.36. The number of aryl methyl sites for hydroxylation is 1. The van der Waals surface area contributed by atoms with Crippen LogP contribution >= 0.6 is 0 Å². The van der Waals surface area contributed by atoms with Crippen molar-refractivity contribution >= 4 is 11.8 Å². The number of ether oxygens (including phenoxy) is 2. The summed E-state index contributed by atoms with van der Waals surface area (Å²) in [4.78, 5) is 24.2. The molecule has 0 radical (unpaired) electrons. The number of carbonyl (C=O) groups excluding carboxylic acids is 2. The monoisotopic (exact) mass is 318 g/mol. The minimum absolute atomic E-state index is 0.147. The number of hydrogen-bond acceptors (Lipinski definition) is 4. The van der Waals surface area contributed by atoms with Gasteiger partial charge in [0.05, 0.1) is 0 Å². The first-order chi connectivity index (χ1) is 10.8. The van der Waals surface area contributed by atoms with Gasteiger partial charge in [0.15, 0.2) is 11.9 Å². The molecule has 3 rings (SSSR count). The maximum atomic E-state index is 13.2. The second-order valence-electron chi connectivity index (χ2n) is 6.53. The van der Waals surface area contributed by atoms with Crippen molar-refractivity contribution < 1.29 is 23.5 Å². The van der Waals surface area contributed by atoms with Gasteiger partial charge in [-0.25, -0.2) is 4.39 Å². The number of ketones is 1. The Morgan fingerprint density at radius 3 is 2.78 bits per heavy atom. The van der Waals surface area contributed by atoms with Gasteiger partial charge in [0.2, 0.25) is 0 Å². The number of halogens is 1. The second kappa shape index (κ2) is 5.80. The van der Waals surface area contributed by atoms with Gasteiger partial charge in [-0.1, -0.05) is 12.2 Å². The number of rotatable bonds is 5. The van der Waals surface area contributed by atoms with E-state index < -0.39 is 17.7 Å². The molecule has 1 aromatic carbocycles. The Morgan fingerprint density at radius 1 is 1.35 bits per heavy atom. The van der Waals surface area contributed by atoms with Crippen LogP contribution in [0.4, 0.5) is 4.39 Å². The molecule has 122 valence electrons. The lowest BCUT2D eigenvalue weighted by molar-refractivity contribution is -0.159. The Hall–Kier alpha value is -2.17. The summed E-state index contributed by atoms with van der Waals surface area (Å²) in [6, 6.07) is 4.23. The molecule has 1 heterocycles. The molecular formula is C18H19FO4. The Kier molecular flexibility index (Phi) is 3.96. The van der Waals surface area contributed by atoms with Gasteiger partial charge in [0.1, 0.15) is 23.6 Å². The van der Waals surface area contributed by atoms with Crippen LogP contribution in [0.25, 0.3) is 0 Å². The van der Waals surface area contributed by atoms with Crippen molar-refractivity contribution in [1.29, 1.82) is 0 Å². The zero-order valence-corrected chi connectivity index (χ0v) is 13.2. The molecule has 23 heavy (non-hydrogen) atoms. The molecule has 0 saturated carbocycles. The van der Waals surface area contributed by atoms with E-state index >= 15 is 0 Å². The van der Waals surface area contributed by atoms with Gasteiger partial charge in [0, 0.05) is 5.92 Å². The van der Waals surface area contributed by atoms with Crippen LogP contribution in [0.3, 0.4) is 0 Å². The van der Waals surface area contributed by atoms with Crippen LogP contribution in [0.15, 0.2) is 30.4 Å². The van der Waals surface area contributed by atoms with Gasteiger partial charge >= 0.3 is 5.97 Å². The van der Waals surface area contributed by atoms with E-state index in [1.54, 1.807) is 0 Å². The molecule has 0 saturated heterocycles. The maximum Gasteiger partial charge on any atom is 0.314 e. The highest BCUT2D eigenvalue weighted by Crippen LogP contribution is 2.33. The SMILES string of the molecule is CC(C)(OC(=O)CC(=O)C1CCc2cc(F)ccc2O1)C1C=C1. The molecule has 4 nitrogen and oxygen atoms in total. The van der Waals surface area contributed by atoms with E-state index in [0.717, 1.165) is 5.56 Å². The van der Waals surface area contributed by atoms with E-state index in [0.29, 0.717) is 18.6 Å². The number of benzene rings is 1. The third kappa shape index (κ3) is 3.60. The van der Waals surface area contributed by atoms with Crippen molar-refractivity contribution in [1.82, 2.24) is 0 Å². The molecule has 1 atom stereocenters. The lowest BCUT2D eigenvalue weighted by Gasteiger charge is -2.27. The highest BCUT2D eigenvalue weighted by molar-refractivity contribution is 5.98. The van der Waals surface area contributed by atoms with Crippen LogP contribution in [0.5, 0.6) is 5.75 Å². The van der Waals surface area contributed by atoms with E-state index in [-0.39, 0.29) is 23.9 Å². The number of fused-ring (bicyclic) bond motifs is 1. The van der Waals surface area contributed by atoms with Crippen molar-refractivity contribution in [2.24, 2.45) is 5.92 Å². The van der Waals surface area contributed by atoms with Gasteiger partial charge < -0.3 is 9.47 Å². The summed E-state index contributed by atoms with van der Waals surface area (Å²) in [5.74, 6) is -0.510. The summed E-state index contributed by atoms with van der Waals surface area (Å²) in [5, 5.41) is 0. The molecule has 5 heteroatoms. The fraction of sp³-hybridized carbons (Fsp3) is 0.444. The molecular weight excluding hydrogens is 299 g/mol. The third-order valence-corrected chi connectivity index (χ3v) is 4.21. The van der Waals surface area contributed by atoms with Crippen molar-refractivity contribution in [2.45, 2.75) is 44.8 Å². The first-order valence-corrected chi connectivity index (χ1v) is 7.73. The van der Waals surface area contributed by atoms with Crippen molar-refractivity contribution in [3.63, 3.8) is 0 Å². The number of esters is 1. The van der Waals surface area contributed by atoms with Crippen LogP contribution in [0.2, 0.25) is 0 Å². The molecule has 0 N–H and O–H groups in total. The lowest BCUT2D eigenvalue weighted by atomic mass is 9.98. The summed E-state index contributed by atoms with van der Waals surface area (Å²) in [5.41, 5.74) is 0.132. The Morgan fingerprint density at radius 2 is 2.09 bits per heavy atom. The Labute approximate surface area is 134 Å². The highest BCUT2D eigenvalue weighted by Gasteiger charge is 2.36. The molecule has 1 unspecified atom stereocenters. The Bertz CT molecular complexity index is 672. The standard InChI is InChI=1S/C18H19FO4/c1-18(2,12-4-5-12)23-17(21)10-14(20)16-7-3-11-9-13(19)6-8-15(11)22-16/h4-6,8-9,12,16H,3,7,10H2,1-2H3. The molecule has 0 aromatic heterocycles. The zero-order chi connectivity index (χ0) is 16.6. The van der Waals surface area contributed by atoms with Crippen LogP contribution in [0, 0.1) is 11.7 Å². The summed E-state index contributed by atoms with van der Waals surface area (Å²) >= 11 is 0. The fourth-order valence-electron chi connectivity index (χ4n) is 2.76. The molecule has 1 aliphatic heterocycles. The quantitative estimate of drug-likeness (QED) is 0.476. The summed E-state index contributed by atoms with van der Waals surface area (Å²) in [7, 11) is 0. The van der Waals surface area contributed by atoms with E-state index in [1.807, 2.05) is 26.0 Å². The number of carbonyl (C=O) groups is 2. The van der Waals surface area contributed by atoms with E-state index in [1.165, 1.54) is 18.2 Å². The number of Topliss-reactive ketones (excluding diaryl/α,β-unsaturated/α-hetero) is 1. The third-order valence-electron chi connectivity index (χ3n) is 4.21. The summed E-state index contributed by atoms with van der Waals surface area (Å²) in [6.45, 7) is 3.64. The predicted molar refractivity (Wildman–Crippen MR) is 81.6 cm³/mol. The van der Waals surface area contributed by atoms with E-state index in [9.17, 15) is 14.0 Å². The average Bonchev–Trinajstić information content (AvgIpc) is 3.30. The van der Waals surface area contributed by atoms with E-state index in [2.05, 4.69) is 0 Å². The van der Waals surface area contributed by atoms with Crippen molar-refractivity contribution in [3.8, 4) is 5.75 Å². The van der Waals surface area contributed by atoms with Crippen LogP contribution in [-0.2, 0) is 20.7 Å². The minimum Gasteiger partial charge on any atom is -0.482 e. The normalized spacial score (nSPS) is 19.7. The average molecular weight is 318 g/mol. The van der Waals surface area contributed by atoms with Gasteiger partial charge in [-0.2, -0.15) is 0 Å². The van der Waals surface area contributed by atoms with E-state index in [4.69, 9.17) is 9.47 Å². The predicted octanol–water partition coefficient (Wildman–Crippen LogP) is 2.99. The van der Waals surface area contributed by atoms with Gasteiger partial charge in [-0.15, -0.1) is 0 Å². The summed E-state index contributed by atoms with van der Waals surface area (Å²) in [6.07, 6.45) is 3.91. The topological polar surface area (TPSA) is 52.6 Å². The fourth-order valence-corrected chi connectivity index (χ4v) is 2.76. The highest BCUT2D eigenvalue weighted by atomic mass is 19.1. The van der Waals surface area contributed by atoms with Crippen molar-refractivity contribution in [3.05, 3.63) is 41.7 Å². The van der Waals surface area contributed by atoms with Crippen molar-refractivity contribution in [2.75, 3.05) is 0 Å². The van der Waals surface area contributed by atoms with Crippen LogP contribution < -0.4 is 4.74 Å². The maximum absolute atomic E-state index is 13.2. The number of hydrogen-bond donors (Lipinski definition) is 0. The smallest absolute Gasteiger partial charge is 0.314 e. The molecule has 1 aliphatic carbocycles. The molecule has 1 aromatic rings. The largest absolute Gasteiger partial charge is 0.482 e. The first kappa shape index (κ1) is 15.7. The second-order valence-corrected chi connectivity index (χ2v) is 6.53. The molecule has 0 spiro atoms. The Balaban J connectivity index is 1.56. The molecule has 0 amide bonds. The van der Waals surface area contributed by atoms with Crippen LogP contribution in [-0.4, -0.2) is 23.5 Å². The molecule has 0 fully saturated rings. The summed E-state index contributed by atoms with van der Waals surface area (Å²) < 4.78 is 24.1. The van der Waals surface area contributed by atoms with Gasteiger partial charge in [-0.05, 0) is 50.5 Å². The first-order valence-electron chi connectivity index (χ1n) is 7.73. The van der Waals surface area contributed by atoms with Crippen LogP contribution in [0.1, 0.15) is 32.3 Å². The molecule has 2 aliphatic rings. The minimum atomic E-state index is -0.678. The molecule has 0 bridgehead atoms. The zero-order valence-electron chi connectivity index (χ0n) is 13.2. The van der Waals surface area contributed by atoms with Gasteiger partial charge in [-0.3, -0.25) is 9.59 Å². The van der Waals surface area contributed by atoms with Gasteiger partial charge in [0.25, 0.3) is 0 Å².